The number of carbonyl (C=O) groups is 1. The van der Waals surface area contributed by atoms with Crippen LogP contribution in [0.4, 0.5) is 0 Å². The molecule has 0 aliphatic heterocycles. The lowest BCUT2D eigenvalue weighted by Crippen LogP contribution is -2.39. The van der Waals surface area contributed by atoms with Gasteiger partial charge >= 0.3 is 0 Å². The average Bonchev–Trinajstić information content (AvgIpc) is 3.29. The minimum absolute atomic E-state index is 0.00468. The summed E-state index contributed by atoms with van der Waals surface area (Å²) in [5.41, 5.74) is 1.19. The maximum Gasteiger partial charge on any atom is 0.242 e. The van der Waals surface area contributed by atoms with Gasteiger partial charge in [0.15, 0.2) is 5.96 Å². The van der Waals surface area contributed by atoms with Gasteiger partial charge < -0.3 is 15.5 Å². The summed E-state index contributed by atoms with van der Waals surface area (Å²) in [4.78, 5) is 18.2. The summed E-state index contributed by atoms with van der Waals surface area (Å²) in [5, 5.41) is 6.17. The molecule has 0 unspecified atom stereocenters. The molecule has 0 saturated heterocycles. The summed E-state index contributed by atoms with van der Waals surface area (Å²) < 4.78 is 1.07. The predicted octanol–water partition coefficient (Wildman–Crippen LogP) is 2.13. The van der Waals surface area contributed by atoms with Crippen molar-refractivity contribution >= 4 is 27.8 Å². The molecule has 1 aliphatic rings. The molecule has 1 aromatic rings. The van der Waals surface area contributed by atoms with Gasteiger partial charge in [0.2, 0.25) is 5.91 Å². The zero-order chi connectivity index (χ0) is 15.9. The van der Waals surface area contributed by atoms with Gasteiger partial charge in [-0.15, -0.1) is 0 Å². The van der Waals surface area contributed by atoms with Crippen LogP contribution >= 0.6 is 15.9 Å². The first-order valence-corrected chi connectivity index (χ1v) is 8.41. The van der Waals surface area contributed by atoms with E-state index in [2.05, 4.69) is 43.7 Å². The van der Waals surface area contributed by atoms with E-state index in [0.717, 1.165) is 36.4 Å². The molecule has 1 aromatic carbocycles. The lowest BCUT2D eigenvalue weighted by atomic mass is 10.2. The maximum absolute atomic E-state index is 11.8. The van der Waals surface area contributed by atoms with E-state index in [4.69, 9.17) is 0 Å². The summed E-state index contributed by atoms with van der Waals surface area (Å²) >= 11 is 3.44. The van der Waals surface area contributed by atoms with E-state index >= 15 is 0 Å². The highest BCUT2D eigenvalue weighted by molar-refractivity contribution is 9.10. The Bertz CT molecular complexity index is 525. The molecule has 1 aliphatic carbocycles. The van der Waals surface area contributed by atoms with Crippen molar-refractivity contribution in [3.8, 4) is 0 Å². The first-order chi connectivity index (χ1) is 10.6. The van der Waals surface area contributed by atoms with Crippen LogP contribution < -0.4 is 10.6 Å². The van der Waals surface area contributed by atoms with E-state index in [0.29, 0.717) is 6.04 Å². The Morgan fingerprint density at radius 3 is 2.64 bits per heavy atom. The number of aliphatic imine (C=N–C) groups is 1. The maximum atomic E-state index is 11.8. The van der Waals surface area contributed by atoms with Crippen molar-refractivity contribution in [2.45, 2.75) is 32.4 Å². The zero-order valence-corrected chi connectivity index (χ0v) is 14.7. The van der Waals surface area contributed by atoms with Crippen molar-refractivity contribution in [3.63, 3.8) is 0 Å². The van der Waals surface area contributed by atoms with E-state index < -0.39 is 0 Å². The smallest absolute Gasteiger partial charge is 0.242 e. The topological polar surface area (TPSA) is 56.7 Å². The van der Waals surface area contributed by atoms with E-state index in [9.17, 15) is 4.79 Å². The summed E-state index contributed by atoms with van der Waals surface area (Å²) in [7, 11) is 1.97. The molecule has 1 amide bonds. The van der Waals surface area contributed by atoms with Crippen molar-refractivity contribution in [1.82, 2.24) is 15.5 Å². The fraction of sp³-hybridized carbons (Fsp3) is 0.500. The fourth-order valence-corrected chi connectivity index (χ4v) is 2.32. The van der Waals surface area contributed by atoms with Crippen molar-refractivity contribution in [1.29, 1.82) is 0 Å². The number of nitrogens with one attached hydrogen (secondary N) is 2. The van der Waals surface area contributed by atoms with E-state index in [1.807, 2.05) is 31.0 Å². The third-order valence-corrected chi connectivity index (χ3v) is 3.87. The van der Waals surface area contributed by atoms with Crippen molar-refractivity contribution in [2.75, 3.05) is 20.1 Å². The average molecular weight is 367 g/mol. The van der Waals surface area contributed by atoms with Crippen LogP contribution in [-0.2, 0) is 11.3 Å². The van der Waals surface area contributed by atoms with E-state index in [1.54, 1.807) is 0 Å². The standard InChI is InChI=1S/C16H23BrN4O/c1-3-18-16(19-10-15(22)20-14-8-9-14)21(2)11-12-4-6-13(17)7-5-12/h4-7,14H,3,8-11H2,1-2H3,(H,18,19)(H,20,22). The predicted molar refractivity (Wildman–Crippen MR) is 92.8 cm³/mol. The zero-order valence-electron chi connectivity index (χ0n) is 13.1. The van der Waals surface area contributed by atoms with Crippen LogP contribution in [0.5, 0.6) is 0 Å². The summed E-state index contributed by atoms with van der Waals surface area (Å²) in [6.45, 7) is 3.70. The Morgan fingerprint density at radius 2 is 2.05 bits per heavy atom. The third kappa shape index (κ3) is 5.67. The number of benzene rings is 1. The minimum Gasteiger partial charge on any atom is -0.357 e. The van der Waals surface area contributed by atoms with E-state index in [-0.39, 0.29) is 12.5 Å². The second kappa shape index (κ2) is 8.17. The third-order valence-electron chi connectivity index (χ3n) is 3.34. The summed E-state index contributed by atoms with van der Waals surface area (Å²) in [6.07, 6.45) is 2.19. The Labute approximate surface area is 140 Å². The van der Waals surface area contributed by atoms with Crippen molar-refractivity contribution < 1.29 is 4.79 Å². The molecule has 6 heteroatoms. The van der Waals surface area contributed by atoms with Crippen LogP contribution in [0.2, 0.25) is 0 Å². The number of nitrogens with zero attached hydrogens (tertiary/aromatic N) is 2. The van der Waals surface area contributed by atoms with E-state index in [1.165, 1.54) is 5.56 Å². The SMILES string of the molecule is CCNC(=NCC(=O)NC1CC1)N(C)Cc1ccc(Br)cc1. The van der Waals surface area contributed by atoms with Gasteiger partial charge in [-0.3, -0.25) is 4.79 Å². The molecule has 5 nitrogen and oxygen atoms in total. The molecule has 2 rings (SSSR count). The van der Waals surface area contributed by atoms with Crippen molar-refractivity contribution in [2.24, 2.45) is 4.99 Å². The highest BCUT2D eigenvalue weighted by Gasteiger charge is 2.22. The lowest BCUT2D eigenvalue weighted by molar-refractivity contribution is -0.119. The fourth-order valence-electron chi connectivity index (χ4n) is 2.06. The first kappa shape index (κ1) is 16.8. The number of rotatable bonds is 6. The number of halogens is 1. The molecular weight excluding hydrogens is 344 g/mol. The normalized spacial score (nSPS) is 14.6. The van der Waals surface area contributed by atoms with Gasteiger partial charge in [-0.05, 0) is 37.5 Å². The van der Waals surface area contributed by atoms with Gasteiger partial charge in [0.1, 0.15) is 6.54 Å². The number of amides is 1. The Kier molecular flexibility index (Phi) is 6.24. The molecular formula is C16H23BrN4O. The van der Waals surface area contributed by atoms with Crippen LogP contribution in [0, 0.1) is 0 Å². The van der Waals surface area contributed by atoms with Gasteiger partial charge in [-0.2, -0.15) is 0 Å². The highest BCUT2D eigenvalue weighted by Crippen LogP contribution is 2.18. The van der Waals surface area contributed by atoms with Crippen LogP contribution in [0.3, 0.4) is 0 Å². The van der Waals surface area contributed by atoms with Gasteiger partial charge in [0.05, 0.1) is 0 Å². The Hall–Kier alpha value is -1.56. The molecule has 0 spiro atoms. The Morgan fingerprint density at radius 1 is 1.36 bits per heavy atom. The molecule has 0 radical (unpaired) electrons. The van der Waals surface area contributed by atoms with Crippen LogP contribution in [-0.4, -0.2) is 42.9 Å². The van der Waals surface area contributed by atoms with Gasteiger partial charge in [0, 0.05) is 30.7 Å². The number of hydrogen-bond acceptors (Lipinski definition) is 2. The summed E-state index contributed by atoms with van der Waals surface area (Å²) in [6, 6.07) is 8.58. The van der Waals surface area contributed by atoms with Crippen LogP contribution in [0.15, 0.2) is 33.7 Å². The lowest BCUT2D eigenvalue weighted by Gasteiger charge is -2.22. The molecule has 22 heavy (non-hydrogen) atoms. The molecule has 0 heterocycles. The quantitative estimate of drug-likeness (QED) is 0.598. The molecule has 2 N–H and O–H groups in total. The van der Waals surface area contributed by atoms with Gasteiger partial charge in [-0.25, -0.2) is 4.99 Å². The Balaban J connectivity index is 1.92. The molecule has 0 aromatic heterocycles. The van der Waals surface area contributed by atoms with Crippen LogP contribution in [0.1, 0.15) is 25.3 Å². The van der Waals surface area contributed by atoms with Gasteiger partial charge in [-0.1, -0.05) is 28.1 Å². The molecule has 1 saturated carbocycles. The minimum atomic E-state index is -0.00468. The second-order valence-electron chi connectivity index (χ2n) is 5.49. The van der Waals surface area contributed by atoms with Gasteiger partial charge in [0.25, 0.3) is 0 Å². The highest BCUT2D eigenvalue weighted by atomic mass is 79.9. The largest absolute Gasteiger partial charge is 0.357 e. The molecule has 0 bridgehead atoms. The second-order valence-corrected chi connectivity index (χ2v) is 6.41. The number of carbonyl (C=O) groups excluding carboxylic acids is 1. The number of hydrogen-bond donors (Lipinski definition) is 2. The number of guanidine groups is 1. The van der Waals surface area contributed by atoms with Crippen molar-refractivity contribution in [3.05, 3.63) is 34.3 Å². The molecule has 0 atom stereocenters. The first-order valence-electron chi connectivity index (χ1n) is 7.61. The monoisotopic (exact) mass is 366 g/mol. The molecule has 120 valence electrons. The molecule has 1 fully saturated rings. The summed E-state index contributed by atoms with van der Waals surface area (Å²) in [5.74, 6) is 0.742. The van der Waals surface area contributed by atoms with Crippen LogP contribution in [0.25, 0.3) is 0 Å².